The van der Waals surface area contributed by atoms with Crippen molar-refractivity contribution < 1.29 is 0 Å². The van der Waals surface area contributed by atoms with E-state index in [1.807, 2.05) is 12.4 Å². The fraction of sp³-hybridized carbons (Fsp3) is 0.421. The summed E-state index contributed by atoms with van der Waals surface area (Å²) in [4.78, 5) is 6.86. The molecule has 5 heteroatoms. The minimum Gasteiger partial charge on any atom is -0.356 e. The number of hydrogen-bond acceptors (Lipinski definition) is 4. The SMILES string of the molecule is CN(CC1(c2ccccc2)CC1)c1nccn2c(C3CC3)nnc12. The summed E-state index contributed by atoms with van der Waals surface area (Å²) >= 11 is 0. The van der Waals surface area contributed by atoms with Gasteiger partial charge < -0.3 is 4.90 Å². The predicted octanol–water partition coefficient (Wildman–Crippen LogP) is 3.17. The van der Waals surface area contributed by atoms with Crippen LogP contribution >= 0.6 is 0 Å². The first-order valence-electron chi connectivity index (χ1n) is 8.73. The van der Waals surface area contributed by atoms with Gasteiger partial charge in [0, 0.05) is 37.3 Å². The minimum atomic E-state index is 0.268. The van der Waals surface area contributed by atoms with E-state index < -0.39 is 0 Å². The first-order chi connectivity index (χ1) is 11.8. The van der Waals surface area contributed by atoms with Crippen molar-refractivity contribution in [2.24, 2.45) is 0 Å². The Labute approximate surface area is 141 Å². The normalized spacial score (nSPS) is 18.7. The van der Waals surface area contributed by atoms with Gasteiger partial charge in [0.2, 0.25) is 5.65 Å². The van der Waals surface area contributed by atoms with Crippen LogP contribution in [0.5, 0.6) is 0 Å². The van der Waals surface area contributed by atoms with E-state index >= 15 is 0 Å². The molecule has 122 valence electrons. The maximum absolute atomic E-state index is 4.61. The summed E-state index contributed by atoms with van der Waals surface area (Å²) in [5.41, 5.74) is 2.58. The summed E-state index contributed by atoms with van der Waals surface area (Å²) in [5, 5.41) is 8.85. The number of fused-ring (bicyclic) bond motifs is 1. The number of aromatic nitrogens is 4. The van der Waals surface area contributed by atoms with Gasteiger partial charge in [0.15, 0.2) is 5.82 Å². The number of benzene rings is 1. The lowest BCUT2D eigenvalue weighted by molar-refractivity contribution is 0.668. The molecule has 2 aromatic heterocycles. The molecule has 0 spiro atoms. The Morgan fingerprint density at radius 3 is 2.67 bits per heavy atom. The lowest BCUT2D eigenvalue weighted by Crippen LogP contribution is -2.30. The fourth-order valence-electron chi connectivity index (χ4n) is 3.73. The Morgan fingerprint density at radius 1 is 1.17 bits per heavy atom. The number of likely N-dealkylation sites (N-methyl/N-ethyl adjacent to an activating group) is 1. The van der Waals surface area contributed by atoms with Crippen molar-refractivity contribution >= 4 is 11.5 Å². The number of rotatable bonds is 5. The molecule has 0 N–H and O–H groups in total. The summed E-state index contributed by atoms with van der Waals surface area (Å²) in [6.45, 7) is 0.968. The molecular formula is C19H21N5. The third-order valence-electron chi connectivity index (χ3n) is 5.42. The van der Waals surface area contributed by atoms with Crippen LogP contribution in [0.4, 0.5) is 5.82 Å². The highest BCUT2D eigenvalue weighted by molar-refractivity contribution is 5.64. The molecular weight excluding hydrogens is 298 g/mol. The Balaban J connectivity index is 1.47. The molecule has 3 aromatic rings. The zero-order valence-electron chi connectivity index (χ0n) is 13.9. The van der Waals surface area contributed by atoms with Crippen LogP contribution < -0.4 is 4.90 Å². The molecule has 5 nitrogen and oxygen atoms in total. The van der Waals surface area contributed by atoms with Crippen LogP contribution in [0.15, 0.2) is 42.7 Å². The van der Waals surface area contributed by atoms with Crippen LogP contribution in [-0.4, -0.2) is 33.2 Å². The highest BCUT2D eigenvalue weighted by Crippen LogP contribution is 2.49. The van der Waals surface area contributed by atoms with Crippen molar-refractivity contribution in [2.45, 2.75) is 37.0 Å². The molecule has 2 fully saturated rings. The molecule has 0 aliphatic heterocycles. The van der Waals surface area contributed by atoms with Gasteiger partial charge in [-0.2, -0.15) is 0 Å². The first kappa shape index (κ1) is 14.0. The van der Waals surface area contributed by atoms with Crippen molar-refractivity contribution in [3.05, 3.63) is 54.1 Å². The topological polar surface area (TPSA) is 46.3 Å². The molecule has 0 saturated heterocycles. The second-order valence-electron chi connectivity index (χ2n) is 7.28. The molecule has 0 amide bonds. The number of nitrogens with zero attached hydrogens (tertiary/aromatic N) is 5. The number of hydrogen-bond donors (Lipinski definition) is 0. The molecule has 0 unspecified atom stereocenters. The van der Waals surface area contributed by atoms with Crippen LogP contribution in [0.1, 0.15) is 43.0 Å². The maximum atomic E-state index is 4.61. The van der Waals surface area contributed by atoms with Crippen LogP contribution in [-0.2, 0) is 5.41 Å². The van der Waals surface area contributed by atoms with Crippen molar-refractivity contribution in [3.8, 4) is 0 Å². The maximum Gasteiger partial charge on any atom is 0.203 e. The van der Waals surface area contributed by atoms with Gasteiger partial charge in [0.05, 0.1) is 0 Å². The van der Waals surface area contributed by atoms with Crippen LogP contribution in [0.2, 0.25) is 0 Å². The third-order valence-corrected chi connectivity index (χ3v) is 5.42. The average molecular weight is 319 g/mol. The summed E-state index contributed by atoms with van der Waals surface area (Å²) < 4.78 is 2.12. The van der Waals surface area contributed by atoms with Gasteiger partial charge in [0.1, 0.15) is 5.82 Å². The van der Waals surface area contributed by atoms with Crippen LogP contribution in [0.3, 0.4) is 0 Å². The molecule has 24 heavy (non-hydrogen) atoms. The summed E-state index contributed by atoms with van der Waals surface area (Å²) in [6, 6.07) is 10.8. The highest BCUT2D eigenvalue weighted by atomic mass is 15.3. The third kappa shape index (κ3) is 2.19. The van der Waals surface area contributed by atoms with E-state index in [4.69, 9.17) is 0 Å². The van der Waals surface area contributed by atoms with Crippen molar-refractivity contribution in [1.29, 1.82) is 0 Å². The second-order valence-corrected chi connectivity index (χ2v) is 7.28. The molecule has 5 rings (SSSR count). The first-order valence-corrected chi connectivity index (χ1v) is 8.73. The zero-order chi connectivity index (χ0) is 16.1. The van der Waals surface area contributed by atoms with Gasteiger partial charge in [-0.1, -0.05) is 30.3 Å². The van der Waals surface area contributed by atoms with Crippen LogP contribution in [0, 0.1) is 0 Å². The van der Waals surface area contributed by atoms with Gasteiger partial charge in [0.25, 0.3) is 0 Å². The smallest absolute Gasteiger partial charge is 0.203 e. The lowest BCUT2D eigenvalue weighted by Gasteiger charge is -2.25. The average Bonchev–Trinajstić information content (AvgIpc) is 3.55. The molecule has 1 aromatic carbocycles. The van der Waals surface area contributed by atoms with Gasteiger partial charge in [-0.05, 0) is 31.2 Å². The van der Waals surface area contributed by atoms with E-state index in [1.54, 1.807) is 0 Å². The highest BCUT2D eigenvalue weighted by Gasteiger charge is 2.45. The molecule has 0 bridgehead atoms. The largest absolute Gasteiger partial charge is 0.356 e. The van der Waals surface area contributed by atoms with Gasteiger partial charge >= 0.3 is 0 Å². The van der Waals surface area contributed by atoms with Crippen molar-refractivity contribution in [3.63, 3.8) is 0 Å². The monoisotopic (exact) mass is 319 g/mol. The Hall–Kier alpha value is -2.43. The zero-order valence-corrected chi connectivity index (χ0v) is 13.9. The van der Waals surface area contributed by atoms with Crippen LogP contribution in [0.25, 0.3) is 5.65 Å². The molecule has 2 aliphatic rings. The molecule has 2 heterocycles. The quantitative estimate of drug-likeness (QED) is 0.725. The Morgan fingerprint density at radius 2 is 1.96 bits per heavy atom. The Bertz CT molecular complexity index is 877. The van der Waals surface area contributed by atoms with E-state index in [0.717, 1.165) is 23.8 Å². The predicted molar refractivity (Wildman–Crippen MR) is 93.4 cm³/mol. The van der Waals surface area contributed by atoms with Gasteiger partial charge in [-0.25, -0.2) is 4.98 Å². The molecule has 0 atom stereocenters. The second kappa shape index (κ2) is 5.03. The Kier molecular flexibility index (Phi) is 2.93. The summed E-state index contributed by atoms with van der Waals surface area (Å²) in [7, 11) is 2.12. The van der Waals surface area contributed by atoms with E-state index in [2.05, 4.69) is 61.9 Å². The number of anilines is 1. The van der Waals surface area contributed by atoms with Crippen molar-refractivity contribution in [2.75, 3.05) is 18.5 Å². The fourth-order valence-corrected chi connectivity index (χ4v) is 3.73. The minimum absolute atomic E-state index is 0.268. The van der Waals surface area contributed by atoms with E-state index in [9.17, 15) is 0 Å². The molecule has 2 aliphatic carbocycles. The van der Waals surface area contributed by atoms with Gasteiger partial charge in [-0.3, -0.25) is 4.40 Å². The van der Waals surface area contributed by atoms with E-state index in [0.29, 0.717) is 5.92 Å². The lowest BCUT2D eigenvalue weighted by atomic mass is 9.95. The standard InChI is InChI=1S/C19H21N5/c1-23(13-19(9-10-19)15-5-3-2-4-6-15)17-18-22-21-16(14-7-8-14)24(18)12-11-20-17/h2-6,11-12,14H,7-10,13H2,1H3. The van der Waals surface area contributed by atoms with Gasteiger partial charge in [-0.15, -0.1) is 10.2 Å². The molecule has 0 radical (unpaired) electrons. The summed E-state index contributed by atoms with van der Waals surface area (Å²) in [5.74, 6) is 2.60. The van der Waals surface area contributed by atoms with E-state index in [-0.39, 0.29) is 5.41 Å². The van der Waals surface area contributed by atoms with Crippen molar-refractivity contribution in [1.82, 2.24) is 19.6 Å². The van der Waals surface area contributed by atoms with E-state index in [1.165, 1.54) is 31.2 Å². The summed E-state index contributed by atoms with van der Waals surface area (Å²) in [6.07, 6.45) is 8.80. The molecule has 2 saturated carbocycles.